The smallest absolute Gasteiger partial charge is 0.270 e. The van der Waals surface area contributed by atoms with Crippen molar-refractivity contribution >= 4 is 23.6 Å². The van der Waals surface area contributed by atoms with E-state index in [9.17, 15) is 19.7 Å². The molecule has 1 fully saturated rings. The highest BCUT2D eigenvalue weighted by atomic mass is 16.6. The summed E-state index contributed by atoms with van der Waals surface area (Å²) >= 11 is 0. The molecule has 0 aliphatic heterocycles. The molecule has 7 heteroatoms. The van der Waals surface area contributed by atoms with Gasteiger partial charge >= 0.3 is 0 Å². The van der Waals surface area contributed by atoms with Gasteiger partial charge in [0.25, 0.3) is 17.5 Å². The molecule has 30 heavy (non-hydrogen) atoms. The van der Waals surface area contributed by atoms with Crippen LogP contribution in [-0.4, -0.2) is 22.8 Å². The van der Waals surface area contributed by atoms with Crippen LogP contribution < -0.4 is 10.6 Å². The number of benzene rings is 2. The van der Waals surface area contributed by atoms with Crippen molar-refractivity contribution in [2.75, 3.05) is 0 Å². The minimum absolute atomic E-state index is 0.0617. The lowest BCUT2D eigenvalue weighted by Gasteiger charge is -2.23. The van der Waals surface area contributed by atoms with E-state index in [0.717, 1.165) is 37.7 Å². The van der Waals surface area contributed by atoms with Crippen LogP contribution in [0.5, 0.6) is 0 Å². The molecule has 156 valence electrons. The van der Waals surface area contributed by atoms with Crippen LogP contribution in [0.3, 0.4) is 0 Å². The van der Waals surface area contributed by atoms with E-state index in [1.54, 1.807) is 24.3 Å². The van der Waals surface area contributed by atoms with Crippen LogP contribution in [0.25, 0.3) is 6.08 Å². The Bertz CT molecular complexity index is 961. The number of aryl methyl sites for hydroxylation is 1. The quantitative estimate of drug-likeness (QED) is 0.427. The average Bonchev–Trinajstić information content (AvgIpc) is 2.74. The number of carbonyl (C=O) groups excluding carboxylic acids is 2. The fraction of sp³-hybridized carbons (Fsp3) is 0.304. The summed E-state index contributed by atoms with van der Waals surface area (Å²) in [5, 5.41) is 16.7. The molecule has 0 bridgehead atoms. The summed E-state index contributed by atoms with van der Waals surface area (Å²) in [4.78, 5) is 36.2. The van der Waals surface area contributed by atoms with Crippen molar-refractivity contribution in [1.29, 1.82) is 0 Å². The van der Waals surface area contributed by atoms with E-state index in [0.29, 0.717) is 11.1 Å². The van der Waals surface area contributed by atoms with E-state index in [2.05, 4.69) is 10.6 Å². The Hall–Kier alpha value is -3.48. The summed E-state index contributed by atoms with van der Waals surface area (Å²) in [6.45, 7) is 1.92. The van der Waals surface area contributed by atoms with Gasteiger partial charge in [0, 0.05) is 23.7 Å². The zero-order valence-electron chi connectivity index (χ0n) is 16.9. The van der Waals surface area contributed by atoms with Crippen molar-refractivity contribution in [1.82, 2.24) is 10.6 Å². The van der Waals surface area contributed by atoms with Crippen molar-refractivity contribution < 1.29 is 14.5 Å². The first kappa shape index (κ1) is 21.2. The lowest BCUT2D eigenvalue weighted by Crippen LogP contribution is -2.41. The van der Waals surface area contributed by atoms with Gasteiger partial charge in [-0.1, -0.05) is 49.1 Å². The third-order valence-corrected chi connectivity index (χ3v) is 5.14. The van der Waals surface area contributed by atoms with Crippen LogP contribution in [-0.2, 0) is 4.79 Å². The number of nitrogens with one attached hydrogen (secondary N) is 2. The van der Waals surface area contributed by atoms with E-state index in [-0.39, 0.29) is 17.4 Å². The molecule has 2 N–H and O–H groups in total. The standard InChI is InChI=1S/C23H25N3O4/c1-16-10-12-18(13-11-16)22(27)25-21(23(28)24-19-7-3-2-4-8-19)15-17-6-5-9-20(14-17)26(29)30/h5-6,9-15,19H,2-4,7-8H2,1H3,(H,24,28)(H,25,27). The number of nitro groups is 1. The predicted molar refractivity (Wildman–Crippen MR) is 115 cm³/mol. The molecule has 3 rings (SSSR count). The van der Waals surface area contributed by atoms with Gasteiger partial charge in [-0.2, -0.15) is 0 Å². The summed E-state index contributed by atoms with van der Waals surface area (Å²) in [5.41, 5.74) is 1.89. The number of non-ortho nitro benzene ring substituents is 1. The number of nitrogens with zero attached hydrogens (tertiary/aromatic N) is 1. The Morgan fingerprint density at radius 1 is 1.07 bits per heavy atom. The zero-order chi connectivity index (χ0) is 21.5. The van der Waals surface area contributed by atoms with Gasteiger partial charge in [0.1, 0.15) is 5.70 Å². The van der Waals surface area contributed by atoms with Gasteiger partial charge in [-0.25, -0.2) is 0 Å². The molecule has 2 amide bonds. The van der Waals surface area contributed by atoms with Crippen molar-refractivity contribution in [2.45, 2.75) is 45.1 Å². The van der Waals surface area contributed by atoms with E-state index in [1.165, 1.54) is 18.2 Å². The van der Waals surface area contributed by atoms with Crippen LogP contribution in [0.4, 0.5) is 5.69 Å². The van der Waals surface area contributed by atoms with Gasteiger partial charge < -0.3 is 10.6 Å². The van der Waals surface area contributed by atoms with Crippen LogP contribution in [0.1, 0.15) is 53.6 Å². The normalized spacial score (nSPS) is 14.8. The largest absolute Gasteiger partial charge is 0.348 e. The Labute approximate surface area is 175 Å². The lowest BCUT2D eigenvalue weighted by molar-refractivity contribution is -0.384. The lowest BCUT2D eigenvalue weighted by atomic mass is 9.95. The molecule has 1 aliphatic carbocycles. The van der Waals surface area contributed by atoms with E-state index in [1.807, 2.05) is 19.1 Å². The number of hydrogen-bond acceptors (Lipinski definition) is 4. The van der Waals surface area contributed by atoms with E-state index in [4.69, 9.17) is 0 Å². The second-order valence-corrected chi connectivity index (χ2v) is 7.54. The fourth-order valence-corrected chi connectivity index (χ4v) is 3.46. The maximum atomic E-state index is 12.9. The first-order valence-corrected chi connectivity index (χ1v) is 10.1. The highest BCUT2D eigenvalue weighted by molar-refractivity contribution is 6.05. The predicted octanol–water partition coefficient (Wildman–Crippen LogP) is 4.12. The number of nitro benzene ring substituents is 1. The third kappa shape index (κ3) is 5.76. The van der Waals surface area contributed by atoms with E-state index < -0.39 is 16.7 Å². The molecule has 0 spiro atoms. The van der Waals surface area contributed by atoms with Gasteiger partial charge in [0.05, 0.1) is 4.92 Å². The first-order valence-electron chi connectivity index (χ1n) is 10.1. The molecule has 0 aromatic heterocycles. The van der Waals surface area contributed by atoms with Crippen LogP contribution >= 0.6 is 0 Å². The number of rotatable bonds is 6. The van der Waals surface area contributed by atoms with Crippen molar-refractivity contribution in [3.8, 4) is 0 Å². The minimum atomic E-state index is -0.496. The van der Waals surface area contributed by atoms with E-state index >= 15 is 0 Å². The minimum Gasteiger partial charge on any atom is -0.348 e. The number of hydrogen-bond donors (Lipinski definition) is 2. The highest BCUT2D eigenvalue weighted by Crippen LogP contribution is 2.19. The Balaban J connectivity index is 1.86. The van der Waals surface area contributed by atoms with Crippen molar-refractivity contribution in [2.24, 2.45) is 0 Å². The fourth-order valence-electron chi connectivity index (χ4n) is 3.46. The van der Waals surface area contributed by atoms with Crippen LogP contribution in [0.2, 0.25) is 0 Å². The molecule has 2 aromatic rings. The second kappa shape index (κ2) is 9.82. The van der Waals surface area contributed by atoms with Crippen LogP contribution in [0.15, 0.2) is 54.2 Å². The maximum Gasteiger partial charge on any atom is 0.270 e. The van der Waals surface area contributed by atoms with Gasteiger partial charge in [-0.3, -0.25) is 19.7 Å². The molecule has 0 radical (unpaired) electrons. The summed E-state index contributed by atoms with van der Waals surface area (Å²) in [6.07, 6.45) is 6.56. The Morgan fingerprint density at radius 3 is 2.43 bits per heavy atom. The summed E-state index contributed by atoms with van der Waals surface area (Å²) < 4.78 is 0. The molecule has 7 nitrogen and oxygen atoms in total. The molecular formula is C23H25N3O4. The maximum absolute atomic E-state index is 12.9. The van der Waals surface area contributed by atoms with Gasteiger partial charge in [-0.15, -0.1) is 0 Å². The molecule has 1 aliphatic rings. The van der Waals surface area contributed by atoms with Gasteiger partial charge in [0.15, 0.2) is 0 Å². The molecule has 0 saturated heterocycles. The molecule has 1 saturated carbocycles. The Kier molecular flexibility index (Phi) is 6.95. The second-order valence-electron chi connectivity index (χ2n) is 7.54. The summed E-state index contributed by atoms with van der Waals surface area (Å²) in [5.74, 6) is -0.806. The monoisotopic (exact) mass is 407 g/mol. The highest BCUT2D eigenvalue weighted by Gasteiger charge is 2.20. The van der Waals surface area contributed by atoms with Crippen molar-refractivity contribution in [3.05, 3.63) is 81.0 Å². The molecule has 0 atom stereocenters. The first-order chi connectivity index (χ1) is 14.4. The van der Waals surface area contributed by atoms with Gasteiger partial charge in [0.2, 0.25) is 0 Å². The third-order valence-electron chi connectivity index (χ3n) is 5.14. The summed E-state index contributed by atoms with van der Waals surface area (Å²) in [7, 11) is 0. The average molecular weight is 407 g/mol. The molecule has 0 unspecified atom stereocenters. The van der Waals surface area contributed by atoms with Crippen molar-refractivity contribution in [3.63, 3.8) is 0 Å². The number of carbonyl (C=O) groups is 2. The number of amides is 2. The molecule has 2 aromatic carbocycles. The SMILES string of the molecule is Cc1ccc(C(=O)NC(=Cc2cccc([N+](=O)[O-])c2)C(=O)NC2CCCCC2)cc1. The van der Waals surface area contributed by atoms with Crippen LogP contribution in [0, 0.1) is 17.0 Å². The van der Waals surface area contributed by atoms with Gasteiger partial charge in [-0.05, 0) is 43.5 Å². The zero-order valence-corrected chi connectivity index (χ0v) is 16.9. The summed E-state index contributed by atoms with van der Waals surface area (Å²) in [6, 6.07) is 13.0. The topological polar surface area (TPSA) is 101 Å². The molecular weight excluding hydrogens is 382 g/mol. The Morgan fingerprint density at radius 2 is 1.77 bits per heavy atom. The molecule has 0 heterocycles.